The van der Waals surface area contributed by atoms with Crippen molar-refractivity contribution in [3.8, 4) is 17.6 Å². The second-order valence-electron chi connectivity index (χ2n) is 6.74. The molecule has 1 amide bonds. The number of methoxy groups -OCH3 is 1. The quantitative estimate of drug-likeness (QED) is 0.649. The number of nitrogens with zero attached hydrogens (tertiary/aromatic N) is 3. The lowest BCUT2D eigenvalue weighted by molar-refractivity contribution is 0.0525. The van der Waals surface area contributed by atoms with Crippen LogP contribution in [0.4, 0.5) is 0 Å². The molecule has 7 nitrogen and oxygen atoms in total. The number of ether oxygens (including phenoxy) is 3. The van der Waals surface area contributed by atoms with E-state index in [9.17, 15) is 4.79 Å². The molecule has 1 saturated heterocycles. The minimum atomic E-state index is -0.103. The number of amides is 1. The van der Waals surface area contributed by atoms with Crippen molar-refractivity contribution in [1.82, 2.24) is 14.9 Å². The zero-order valence-corrected chi connectivity index (χ0v) is 16.5. The van der Waals surface area contributed by atoms with Crippen molar-refractivity contribution in [2.75, 3.05) is 26.8 Å². The maximum absolute atomic E-state index is 12.9. The maximum Gasteiger partial charge on any atom is 0.319 e. The Morgan fingerprint density at radius 3 is 2.82 bits per heavy atom. The van der Waals surface area contributed by atoms with Crippen molar-refractivity contribution in [1.29, 1.82) is 0 Å². The van der Waals surface area contributed by atoms with Gasteiger partial charge in [0.25, 0.3) is 5.91 Å². The largest absolute Gasteiger partial charge is 0.494 e. The second-order valence-corrected chi connectivity index (χ2v) is 6.74. The van der Waals surface area contributed by atoms with Gasteiger partial charge in [-0.25, -0.2) is 4.98 Å². The van der Waals surface area contributed by atoms with E-state index in [-0.39, 0.29) is 18.0 Å². The highest BCUT2D eigenvalue weighted by atomic mass is 16.5. The van der Waals surface area contributed by atoms with Crippen LogP contribution < -0.4 is 14.2 Å². The lowest BCUT2D eigenvalue weighted by Crippen LogP contribution is -2.44. The molecule has 1 atom stereocenters. The van der Waals surface area contributed by atoms with Crippen molar-refractivity contribution in [2.24, 2.45) is 0 Å². The van der Waals surface area contributed by atoms with Crippen molar-refractivity contribution in [3.63, 3.8) is 0 Å². The fourth-order valence-corrected chi connectivity index (χ4v) is 3.09. The normalized spacial score (nSPS) is 16.5. The lowest BCUT2D eigenvalue weighted by Gasteiger charge is -2.32. The summed E-state index contributed by atoms with van der Waals surface area (Å²) in [5, 5.41) is 0. The molecule has 3 rings (SSSR count). The Bertz CT molecular complexity index is 767. The molecule has 1 aromatic heterocycles. The molecule has 1 aromatic carbocycles. The molecule has 0 saturated carbocycles. The Hall–Kier alpha value is -2.83. The minimum Gasteiger partial charge on any atom is -0.494 e. The van der Waals surface area contributed by atoms with Gasteiger partial charge in [-0.3, -0.25) is 4.79 Å². The molecular formula is C21H27N3O4. The van der Waals surface area contributed by atoms with Gasteiger partial charge in [-0.1, -0.05) is 13.3 Å². The van der Waals surface area contributed by atoms with Gasteiger partial charge >= 0.3 is 6.01 Å². The third-order valence-corrected chi connectivity index (χ3v) is 4.61. The molecule has 1 unspecified atom stereocenters. The van der Waals surface area contributed by atoms with Crippen LogP contribution in [0, 0.1) is 0 Å². The topological polar surface area (TPSA) is 73.8 Å². The zero-order chi connectivity index (χ0) is 19.8. The predicted molar refractivity (Wildman–Crippen MR) is 105 cm³/mol. The van der Waals surface area contributed by atoms with Gasteiger partial charge in [0.05, 0.1) is 20.3 Å². The van der Waals surface area contributed by atoms with E-state index in [0.29, 0.717) is 24.6 Å². The molecule has 7 heteroatoms. The maximum atomic E-state index is 12.9. The third kappa shape index (κ3) is 5.34. The van der Waals surface area contributed by atoms with Crippen molar-refractivity contribution in [2.45, 2.75) is 38.7 Å². The standard InChI is InChI=1S/C21H27N3O4/c1-3-4-14-27-17-9-7-16(8-10-17)20(25)24-13-5-6-18(15-24)28-19-11-12-22-21(23-19)26-2/h7-12,18H,3-6,13-15H2,1-2H3. The smallest absolute Gasteiger partial charge is 0.319 e. The molecular weight excluding hydrogens is 358 g/mol. The van der Waals surface area contributed by atoms with E-state index < -0.39 is 0 Å². The first kappa shape index (κ1) is 19.9. The first-order valence-electron chi connectivity index (χ1n) is 9.75. The number of carbonyl (C=O) groups excluding carboxylic acids is 1. The number of unbranched alkanes of at least 4 members (excludes halogenated alkanes) is 1. The summed E-state index contributed by atoms with van der Waals surface area (Å²) in [6.07, 6.45) is 5.37. The molecule has 0 aliphatic carbocycles. The highest BCUT2D eigenvalue weighted by molar-refractivity contribution is 5.94. The molecule has 150 valence electrons. The summed E-state index contributed by atoms with van der Waals surface area (Å²) in [6.45, 7) is 4.07. The summed E-state index contributed by atoms with van der Waals surface area (Å²) >= 11 is 0. The van der Waals surface area contributed by atoms with Gasteiger partial charge < -0.3 is 19.1 Å². The van der Waals surface area contributed by atoms with Crippen LogP contribution in [0.1, 0.15) is 43.0 Å². The van der Waals surface area contributed by atoms with Gasteiger partial charge in [0, 0.05) is 24.4 Å². The van der Waals surface area contributed by atoms with Gasteiger partial charge in [-0.15, -0.1) is 0 Å². The molecule has 1 aliphatic rings. The average molecular weight is 385 g/mol. The number of hydrogen-bond acceptors (Lipinski definition) is 6. The fraction of sp³-hybridized carbons (Fsp3) is 0.476. The number of hydrogen-bond donors (Lipinski definition) is 0. The highest BCUT2D eigenvalue weighted by Gasteiger charge is 2.26. The molecule has 28 heavy (non-hydrogen) atoms. The van der Waals surface area contributed by atoms with Crippen LogP contribution >= 0.6 is 0 Å². The molecule has 0 radical (unpaired) electrons. The van der Waals surface area contributed by atoms with E-state index in [0.717, 1.165) is 38.0 Å². The number of benzene rings is 1. The Morgan fingerprint density at radius 1 is 1.25 bits per heavy atom. The summed E-state index contributed by atoms with van der Waals surface area (Å²) in [5.41, 5.74) is 0.659. The average Bonchev–Trinajstić information content (AvgIpc) is 2.74. The molecule has 2 heterocycles. The van der Waals surface area contributed by atoms with Crippen molar-refractivity contribution in [3.05, 3.63) is 42.1 Å². The first-order valence-corrected chi connectivity index (χ1v) is 9.75. The van der Waals surface area contributed by atoms with Gasteiger partial charge in [0.2, 0.25) is 5.88 Å². The summed E-state index contributed by atoms with van der Waals surface area (Å²) in [7, 11) is 1.51. The third-order valence-electron chi connectivity index (χ3n) is 4.61. The Balaban J connectivity index is 1.57. The first-order chi connectivity index (χ1) is 13.7. The molecule has 2 aromatic rings. The number of rotatable bonds is 8. The zero-order valence-electron chi connectivity index (χ0n) is 16.5. The van der Waals surface area contributed by atoms with Crippen LogP contribution in [0.25, 0.3) is 0 Å². The van der Waals surface area contributed by atoms with Crippen LogP contribution in [0.15, 0.2) is 36.5 Å². The van der Waals surface area contributed by atoms with Crippen LogP contribution in [0.3, 0.4) is 0 Å². The lowest BCUT2D eigenvalue weighted by atomic mass is 10.1. The van der Waals surface area contributed by atoms with Crippen LogP contribution in [-0.2, 0) is 0 Å². The van der Waals surface area contributed by atoms with E-state index in [1.807, 2.05) is 29.2 Å². The fourth-order valence-electron chi connectivity index (χ4n) is 3.09. The molecule has 0 bridgehead atoms. The second kappa shape index (κ2) is 9.92. The molecule has 1 aliphatic heterocycles. The molecule has 0 N–H and O–H groups in total. The summed E-state index contributed by atoms with van der Waals surface area (Å²) in [6, 6.07) is 9.32. The molecule has 0 spiro atoms. The predicted octanol–water partition coefficient (Wildman–Crippen LogP) is 3.35. The van der Waals surface area contributed by atoms with E-state index in [4.69, 9.17) is 14.2 Å². The summed E-state index contributed by atoms with van der Waals surface area (Å²) < 4.78 is 16.6. The Kier molecular flexibility index (Phi) is 7.06. The number of carbonyl (C=O) groups is 1. The number of likely N-dealkylation sites (tertiary alicyclic amines) is 1. The number of aromatic nitrogens is 2. The summed E-state index contributed by atoms with van der Waals surface area (Å²) in [5.74, 6) is 1.26. The van der Waals surface area contributed by atoms with Crippen molar-refractivity contribution < 1.29 is 19.0 Å². The monoisotopic (exact) mass is 385 g/mol. The SMILES string of the molecule is CCCCOc1ccc(C(=O)N2CCCC(Oc3ccnc(OC)n3)C2)cc1. The van der Waals surface area contributed by atoms with Crippen LogP contribution in [0.5, 0.6) is 17.6 Å². The molecule has 1 fully saturated rings. The Morgan fingerprint density at radius 2 is 2.07 bits per heavy atom. The highest BCUT2D eigenvalue weighted by Crippen LogP contribution is 2.20. The number of piperidine rings is 1. The van der Waals surface area contributed by atoms with Crippen LogP contribution in [-0.4, -0.2) is 53.7 Å². The Labute approximate surface area is 165 Å². The van der Waals surface area contributed by atoms with Gasteiger partial charge in [0.15, 0.2) is 0 Å². The van der Waals surface area contributed by atoms with E-state index in [1.165, 1.54) is 7.11 Å². The summed E-state index contributed by atoms with van der Waals surface area (Å²) in [4.78, 5) is 22.8. The van der Waals surface area contributed by atoms with E-state index in [1.54, 1.807) is 12.3 Å². The van der Waals surface area contributed by atoms with Crippen LogP contribution in [0.2, 0.25) is 0 Å². The van der Waals surface area contributed by atoms with Crippen molar-refractivity contribution >= 4 is 5.91 Å². The minimum absolute atomic E-state index is 0.00803. The van der Waals surface area contributed by atoms with E-state index >= 15 is 0 Å². The van der Waals surface area contributed by atoms with Gasteiger partial charge in [0.1, 0.15) is 11.9 Å². The van der Waals surface area contributed by atoms with Gasteiger partial charge in [-0.05, 0) is 43.5 Å². The van der Waals surface area contributed by atoms with Gasteiger partial charge in [-0.2, -0.15) is 4.98 Å². The van der Waals surface area contributed by atoms with E-state index in [2.05, 4.69) is 16.9 Å².